The second kappa shape index (κ2) is 4.53. The van der Waals surface area contributed by atoms with Crippen molar-refractivity contribution in [1.82, 2.24) is 4.98 Å². The lowest BCUT2D eigenvalue weighted by Crippen LogP contribution is -1.88. The van der Waals surface area contributed by atoms with Crippen LogP contribution in [0.15, 0.2) is 53.6 Å². The molecule has 1 unspecified atom stereocenters. The molecule has 4 nitrogen and oxygen atoms in total. The summed E-state index contributed by atoms with van der Waals surface area (Å²) >= 11 is -2.19. The molecule has 5 heteroatoms. The molecule has 1 heterocycles. The van der Waals surface area contributed by atoms with E-state index in [1.807, 2.05) is 24.4 Å². The molecule has 0 amide bonds. The summed E-state index contributed by atoms with van der Waals surface area (Å²) in [6, 6.07) is 12.4. The van der Waals surface area contributed by atoms with Gasteiger partial charge in [0.05, 0.1) is 0 Å². The molecule has 2 aromatic carbocycles. The summed E-state index contributed by atoms with van der Waals surface area (Å²) in [6.45, 7) is 0. The molecule has 1 atom stereocenters. The van der Waals surface area contributed by atoms with Crippen molar-refractivity contribution in [2.45, 2.75) is 4.90 Å². The van der Waals surface area contributed by atoms with E-state index in [1.54, 1.807) is 24.3 Å². The molecule has 0 fully saturated rings. The van der Waals surface area contributed by atoms with E-state index in [2.05, 4.69) is 4.98 Å². The van der Waals surface area contributed by atoms with Crippen molar-refractivity contribution in [3.8, 4) is 11.1 Å². The van der Waals surface area contributed by atoms with Gasteiger partial charge in [0, 0.05) is 33.2 Å². The van der Waals surface area contributed by atoms with Crippen molar-refractivity contribution < 1.29 is 8.76 Å². The second-order valence-corrected chi connectivity index (χ2v) is 5.21. The van der Waals surface area contributed by atoms with Crippen LogP contribution in [0.1, 0.15) is 0 Å². The molecule has 0 aliphatic heterocycles. The van der Waals surface area contributed by atoms with Crippen molar-refractivity contribution in [3.63, 3.8) is 0 Å². The lowest BCUT2D eigenvalue weighted by Gasteiger charge is -2.06. The normalized spacial score (nSPS) is 12.7. The topological polar surface area (TPSA) is 81.9 Å². The molecule has 3 N–H and O–H groups in total. The Balaban J connectivity index is 2.13. The van der Waals surface area contributed by atoms with Crippen molar-refractivity contribution in [1.29, 1.82) is 0 Å². The molecule has 3 rings (SSSR count). The lowest BCUT2D eigenvalue weighted by molar-refractivity contribution is 0.537. The van der Waals surface area contributed by atoms with Gasteiger partial charge in [-0.2, -0.15) is 0 Å². The van der Waals surface area contributed by atoms with Crippen LogP contribution in [0.5, 0.6) is 0 Å². The van der Waals surface area contributed by atoms with Crippen molar-refractivity contribution in [2.24, 2.45) is 0 Å². The highest BCUT2D eigenvalue weighted by molar-refractivity contribution is 7.79. The molecular weight excluding hydrogens is 260 g/mol. The van der Waals surface area contributed by atoms with Crippen molar-refractivity contribution in [2.75, 3.05) is 5.73 Å². The number of benzene rings is 2. The van der Waals surface area contributed by atoms with Gasteiger partial charge in [-0.25, -0.2) is 0 Å². The fourth-order valence-electron chi connectivity index (χ4n) is 2.12. The first-order valence-corrected chi connectivity index (χ1v) is 6.79. The van der Waals surface area contributed by atoms with Gasteiger partial charge in [0.1, 0.15) is 0 Å². The average molecular weight is 271 g/mol. The van der Waals surface area contributed by atoms with Crippen LogP contribution in [-0.4, -0.2) is 13.7 Å². The van der Waals surface area contributed by atoms with Crippen LogP contribution in [0.25, 0.3) is 22.0 Å². The maximum atomic E-state index is 10.8. The maximum Gasteiger partial charge on any atom is 0.0461 e. The predicted octanol–water partition coefficient (Wildman–Crippen LogP) is 2.66. The van der Waals surface area contributed by atoms with Crippen LogP contribution < -0.4 is 5.73 Å². The van der Waals surface area contributed by atoms with Crippen LogP contribution >= 0.6 is 0 Å². The van der Waals surface area contributed by atoms with Crippen molar-refractivity contribution >= 4 is 27.7 Å². The van der Waals surface area contributed by atoms with E-state index in [4.69, 9.17) is 5.73 Å². The number of nitrogen functional groups attached to an aromatic ring is 1. The fraction of sp³-hybridized carbons (Fsp3) is 0. The molecule has 0 saturated heterocycles. The Labute approximate surface area is 112 Å². The highest BCUT2D eigenvalue weighted by Crippen LogP contribution is 2.30. The number of aromatic amines is 1. The number of H-pyrrole nitrogens is 1. The molecule has 1 aromatic heterocycles. The second-order valence-electron chi connectivity index (χ2n) is 4.27. The number of rotatable bonds is 2. The van der Waals surface area contributed by atoms with E-state index >= 15 is 0 Å². The van der Waals surface area contributed by atoms with Gasteiger partial charge in [0.2, 0.25) is 0 Å². The SMILES string of the molecule is Nc1ccc2[nH]cc(-c3ccc(S(=O)[O-])cc3)c2c1. The van der Waals surface area contributed by atoms with Gasteiger partial charge in [-0.1, -0.05) is 12.1 Å². The molecule has 0 spiro atoms. The molecule has 0 aliphatic rings. The molecule has 3 aromatic rings. The zero-order valence-corrected chi connectivity index (χ0v) is 10.7. The number of nitrogens with two attached hydrogens (primary N) is 1. The van der Waals surface area contributed by atoms with Crippen LogP contribution in [0.4, 0.5) is 5.69 Å². The van der Waals surface area contributed by atoms with Gasteiger partial charge in [-0.15, -0.1) is 0 Å². The Bertz CT molecular complexity index is 763. The zero-order valence-electron chi connectivity index (χ0n) is 9.92. The lowest BCUT2D eigenvalue weighted by atomic mass is 10.0. The monoisotopic (exact) mass is 271 g/mol. The first kappa shape index (κ1) is 12.0. The first-order valence-electron chi connectivity index (χ1n) is 5.71. The van der Waals surface area contributed by atoms with Crippen LogP contribution in [-0.2, 0) is 11.1 Å². The Morgan fingerprint density at radius 2 is 1.84 bits per heavy atom. The number of nitrogens with one attached hydrogen (secondary N) is 1. The van der Waals surface area contributed by atoms with E-state index in [1.165, 1.54) is 0 Å². The van der Waals surface area contributed by atoms with E-state index in [9.17, 15) is 8.76 Å². The summed E-state index contributed by atoms with van der Waals surface area (Å²) < 4.78 is 21.7. The number of hydrogen-bond acceptors (Lipinski definition) is 3. The Morgan fingerprint density at radius 3 is 2.53 bits per heavy atom. The van der Waals surface area contributed by atoms with Gasteiger partial charge in [-0.3, -0.25) is 4.21 Å². The highest BCUT2D eigenvalue weighted by atomic mass is 32.2. The smallest absolute Gasteiger partial charge is 0.0461 e. The number of fused-ring (bicyclic) bond motifs is 1. The van der Waals surface area contributed by atoms with Crippen LogP contribution in [0.2, 0.25) is 0 Å². The van der Waals surface area contributed by atoms with Gasteiger partial charge >= 0.3 is 0 Å². The summed E-state index contributed by atoms with van der Waals surface area (Å²) in [5, 5.41) is 1.02. The van der Waals surface area contributed by atoms with E-state index in [0.29, 0.717) is 5.69 Å². The molecule has 96 valence electrons. The first-order chi connectivity index (χ1) is 9.15. The van der Waals surface area contributed by atoms with Gasteiger partial charge in [0.25, 0.3) is 0 Å². The van der Waals surface area contributed by atoms with Gasteiger partial charge in [0.15, 0.2) is 0 Å². The summed E-state index contributed by atoms with van der Waals surface area (Å²) in [6.07, 6.45) is 1.90. The predicted molar refractivity (Wildman–Crippen MR) is 75.3 cm³/mol. The molecule has 19 heavy (non-hydrogen) atoms. The summed E-state index contributed by atoms with van der Waals surface area (Å²) in [7, 11) is 0. The Kier molecular flexibility index (Phi) is 2.85. The van der Waals surface area contributed by atoms with Crippen LogP contribution in [0, 0.1) is 0 Å². The number of aromatic nitrogens is 1. The highest BCUT2D eigenvalue weighted by Gasteiger charge is 2.06. The third-order valence-electron chi connectivity index (χ3n) is 3.06. The molecular formula is C14H11N2O2S-. The molecule has 0 bridgehead atoms. The summed E-state index contributed by atoms with van der Waals surface area (Å²) in [5.41, 5.74) is 9.45. The third-order valence-corrected chi connectivity index (χ3v) is 3.72. The quantitative estimate of drug-likeness (QED) is 0.555. The van der Waals surface area contributed by atoms with E-state index < -0.39 is 11.1 Å². The molecule has 0 radical (unpaired) electrons. The van der Waals surface area contributed by atoms with Crippen molar-refractivity contribution in [3.05, 3.63) is 48.7 Å². The number of anilines is 1. The minimum absolute atomic E-state index is 0.281. The van der Waals surface area contributed by atoms with Gasteiger partial charge < -0.3 is 15.3 Å². The van der Waals surface area contributed by atoms with Crippen LogP contribution in [0.3, 0.4) is 0 Å². The van der Waals surface area contributed by atoms with Gasteiger partial charge in [-0.05, 0) is 47.0 Å². The largest absolute Gasteiger partial charge is 0.768 e. The molecule has 0 saturated carbocycles. The zero-order chi connectivity index (χ0) is 13.4. The summed E-state index contributed by atoms with van der Waals surface area (Å²) in [5.74, 6) is 0. The minimum Gasteiger partial charge on any atom is -0.768 e. The minimum atomic E-state index is -2.19. The Hall–Kier alpha value is -2.11. The van der Waals surface area contributed by atoms with E-state index in [-0.39, 0.29) is 4.90 Å². The van der Waals surface area contributed by atoms with E-state index in [0.717, 1.165) is 22.0 Å². The fourth-order valence-corrected chi connectivity index (χ4v) is 2.48. The average Bonchev–Trinajstić information content (AvgIpc) is 2.81. The number of hydrogen-bond donors (Lipinski definition) is 2. The standard InChI is InChI=1S/C14H12N2O2S/c15-10-3-6-14-12(7-10)13(8-16-14)9-1-4-11(5-2-9)19(17)18/h1-8,16H,15H2,(H,17,18)/p-1. The third kappa shape index (κ3) is 2.14. The molecule has 0 aliphatic carbocycles. The Morgan fingerprint density at radius 1 is 1.11 bits per heavy atom. The maximum absolute atomic E-state index is 10.8. The summed E-state index contributed by atoms with van der Waals surface area (Å²) in [4.78, 5) is 3.45.